The van der Waals surface area contributed by atoms with Crippen molar-refractivity contribution in [2.24, 2.45) is 0 Å². The Kier molecular flexibility index (Phi) is 6.27. The average molecular weight is 455 g/mol. The van der Waals surface area contributed by atoms with Crippen molar-refractivity contribution in [1.29, 1.82) is 0 Å². The third kappa shape index (κ3) is 4.65. The molecule has 1 aromatic heterocycles. The summed E-state index contributed by atoms with van der Waals surface area (Å²) in [6, 6.07) is 14.6. The second-order valence-corrected chi connectivity index (χ2v) is 8.88. The maximum Gasteiger partial charge on any atom is 0.246 e. The Morgan fingerprint density at radius 1 is 1.06 bits per heavy atom. The van der Waals surface area contributed by atoms with Gasteiger partial charge in [0.05, 0.1) is 5.52 Å². The first-order valence-corrected chi connectivity index (χ1v) is 11.8. The van der Waals surface area contributed by atoms with Gasteiger partial charge in [-0.25, -0.2) is 9.97 Å². The SMILES string of the molecule is C=CC(=O)N1CCC=C(c2cccc3cnc(Nc4ccc(N5CCN(C)CC5)cc4)nc23)C1. The maximum absolute atomic E-state index is 12.1. The van der Waals surface area contributed by atoms with Crippen molar-refractivity contribution in [3.8, 4) is 0 Å². The van der Waals surface area contributed by atoms with E-state index in [9.17, 15) is 4.79 Å². The summed E-state index contributed by atoms with van der Waals surface area (Å²) in [7, 11) is 2.17. The molecule has 0 spiro atoms. The number of aromatic nitrogens is 2. The molecule has 0 aliphatic carbocycles. The fourth-order valence-corrected chi connectivity index (χ4v) is 4.58. The highest BCUT2D eigenvalue weighted by Gasteiger charge is 2.19. The van der Waals surface area contributed by atoms with Crippen LogP contribution in [0.3, 0.4) is 0 Å². The molecular formula is C27H30N6O. The summed E-state index contributed by atoms with van der Waals surface area (Å²) in [6.45, 7) is 9.17. The van der Waals surface area contributed by atoms with Crippen LogP contribution in [-0.4, -0.2) is 72.0 Å². The summed E-state index contributed by atoms with van der Waals surface area (Å²) in [5.74, 6) is 0.519. The van der Waals surface area contributed by atoms with Crippen LogP contribution in [0.2, 0.25) is 0 Å². The zero-order valence-corrected chi connectivity index (χ0v) is 19.6. The third-order valence-electron chi connectivity index (χ3n) is 6.59. The van der Waals surface area contributed by atoms with Gasteiger partial charge in [0, 0.05) is 67.8 Å². The van der Waals surface area contributed by atoms with Crippen molar-refractivity contribution in [3.05, 3.63) is 73.0 Å². The van der Waals surface area contributed by atoms with Crippen LogP contribution in [0.4, 0.5) is 17.3 Å². The molecule has 7 nitrogen and oxygen atoms in total. The average Bonchev–Trinajstić information content (AvgIpc) is 2.89. The summed E-state index contributed by atoms with van der Waals surface area (Å²) in [5, 5.41) is 4.33. The van der Waals surface area contributed by atoms with E-state index in [0.717, 1.165) is 60.3 Å². The fourth-order valence-electron chi connectivity index (χ4n) is 4.58. The largest absolute Gasteiger partial charge is 0.369 e. The molecule has 7 heteroatoms. The number of nitrogens with zero attached hydrogens (tertiary/aromatic N) is 5. The molecule has 0 bridgehead atoms. The van der Waals surface area contributed by atoms with Crippen molar-refractivity contribution in [2.45, 2.75) is 6.42 Å². The summed E-state index contributed by atoms with van der Waals surface area (Å²) in [4.78, 5) is 28.1. The van der Waals surface area contributed by atoms with E-state index in [1.165, 1.54) is 11.8 Å². The van der Waals surface area contributed by atoms with Crippen LogP contribution in [0.1, 0.15) is 12.0 Å². The highest BCUT2D eigenvalue weighted by molar-refractivity contribution is 5.94. The van der Waals surface area contributed by atoms with Crippen LogP contribution in [-0.2, 0) is 4.79 Å². The van der Waals surface area contributed by atoms with Crippen LogP contribution in [0.25, 0.3) is 16.5 Å². The topological polar surface area (TPSA) is 64.6 Å². The number of piperazine rings is 1. The number of nitrogens with one attached hydrogen (secondary N) is 1. The van der Waals surface area contributed by atoms with Gasteiger partial charge in [-0.2, -0.15) is 0 Å². The number of carbonyl (C=O) groups is 1. The zero-order valence-electron chi connectivity index (χ0n) is 19.6. The van der Waals surface area contributed by atoms with Crippen LogP contribution < -0.4 is 10.2 Å². The van der Waals surface area contributed by atoms with Gasteiger partial charge < -0.3 is 20.0 Å². The molecule has 2 aromatic carbocycles. The number of fused-ring (bicyclic) bond motifs is 1. The van der Waals surface area contributed by atoms with Gasteiger partial charge in [-0.1, -0.05) is 30.9 Å². The molecule has 3 heterocycles. The first kappa shape index (κ1) is 22.1. The standard InChI is InChI=1S/C27H30N6O/c1-3-25(34)33-13-5-7-21(19-33)24-8-4-6-20-18-28-27(30-26(20)24)29-22-9-11-23(12-10-22)32-16-14-31(2)15-17-32/h3-4,6-12,18H,1,5,13-17,19H2,2H3,(H,28,29,30). The second kappa shape index (κ2) is 9.65. The van der Waals surface area contributed by atoms with Gasteiger partial charge in [-0.3, -0.25) is 4.79 Å². The highest BCUT2D eigenvalue weighted by atomic mass is 16.2. The lowest BCUT2D eigenvalue weighted by Crippen LogP contribution is -2.44. The number of hydrogen-bond acceptors (Lipinski definition) is 6. The van der Waals surface area contributed by atoms with E-state index < -0.39 is 0 Å². The van der Waals surface area contributed by atoms with Crippen molar-refractivity contribution in [2.75, 3.05) is 56.5 Å². The Labute approximate surface area is 200 Å². The predicted octanol–water partition coefficient (Wildman–Crippen LogP) is 3.93. The molecule has 1 fully saturated rings. The van der Waals surface area contributed by atoms with Gasteiger partial charge in [0.2, 0.25) is 11.9 Å². The Balaban J connectivity index is 1.36. The van der Waals surface area contributed by atoms with E-state index in [-0.39, 0.29) is 5.91 Å². The smallest absolute Gasteiger partial charge is 0.246 e. The van der Waals surface area contributed by atoms with Crippen LogP contribution >= 0.6 is 0 Å². The van der Waals surface area contributed by atoms with Crippen LogP contribution in [0.15, 0.2) is 67.4 Å². The molecule has 174 valence electrons. The minimum Gasteiger partial charge on any atom is -0.369 e. The summed E-state index contributed by atoms with van der Waals surface area (Å²) >= 11 is 0. The van der Waals surface area contributed by atoms with Crippen molar-refractivity contribution < 1.29 is 4.79 Å². The molecule has 34 heavy (non-hydrogen) atoms. The maximum atomic E-state index is 12.1. The van der Waals surface area contributed by atoms with Crippen molar-refractivity contribution in [3.63, 3.8) is 0 Å². The third-order valence-corrected chi connectivity index (χ3v) is 6.59. The normalized spacial score (nSPS) is 16.9. The van der Waals surface area contributed by atoms with Crippen molar-refractivity contribution >= 4 is 39.7 Å². The number of benzene rings is 2. The van der Waals surface area contributed by atoms with Gasteiger partial charge in [-0.15, -0.1) is 0 Å². The summed E-state index contributed by atoms with van der Waals surface area (Å²) in [5.41, 5.74) is 5.22. The lowest BCUT2D eigenvalue weighted by molar-refractivity contribution is -0.125. The van der Waals surface area contributed by atoms with Gasteiger partial charge in [0.25, 0.3) is 0 Å². The quantitative estimate of drug-likeness (QED) is 0.590. The number of likely N-dealkylation sites (N-methyl/N-ethyl adjacent to an activating group) is 1. The molecule has 1 saturated heterocycles. The monoisotopic (exact) mass is 454 g/mol. The Morgan fingerprint density at radius 2 is 1.85 bits per heavy atom. The summed E-state index contributed by atoms with van der Waals surface area (Å²) < 4.78 is 0. The summed E-state index contributed by atoms with van der Waals surface area (Å²) in [6.07, 6.45) is 6.25. The lowest BCUT2D eigenvalue weighted by Gasteiger charge is -2.34. The number of para-hydroxylation sites is 1. The number of rotatable bonds is 5. The fraction of sp³-hybridized carbons (Fsp3) is 0.296. The molecular weight excluding hydrogens is 424 g/mol. The van der Waals surface area contributed by atoms with Crippen LogP contribution in [0, 0.1) is 0 Å². The van der Waals surface area contributed by atoms with Gasteiger partial charge in [-0.05, 0) is 49.4 Å². The van der Waals surface area contributed by atoms with E-state index in [2.05, 4.69) is 70.1 Å². The Bertz CT molecular complexity index is 1230. The van der Waals surface area contributed by atoms with Gasteiger partial charge in [0.15, 0.2) is 0 Å². The Morgan fingerprint density at radius 3 is 2.62 bits per heavy atom. The molecule has 1 N–H and O–H groups in total. The molecule has 3 aromatic rings. The number of hydrogen-bond donors (Lipinski definition) is 1. The van der Waals surface area contributed by atoms with Crippen molar-refractivity contribution in [1.82, 2.24) is 19.8 Å². The molecule has 0 unspecified atom stereocenters. The molecule has 2 aliphatic heterocycles. The molecule has 0 saturated carbocycles. The molecule has 2 aliphatic rings. The Hall–Kier alpha value is -3.71. The van der Waals surface area contributed by atoms with Gasteiger partial charge >= 0.3 is 0 Å². The number of carbonyl (C=O) groups excluding carboxylic acids is 1. The first-order valence-electron chi connectivity index (χ1n) is 11.8. The van der Waals surface area contributed by atoms with Crippen LogP contribution in [0.5, 0.6) is 0 Å². The van der Waals surface area contributed by atoms with E-state index >= 15 is 0 Å². The minimum absolute atomic E-state index is 0.0390. The predicted molar refractivity (Wildman–Crippen MR) is 138 cm³/mol. The van der Waals surface area contributed by atoms with Gasteiger partial charge in [0.1, 0.15) is 0 Å². The highest BCUT2D eigenvalue weighted by Crippen LogP contribution is 2.28. The first-order chi connectivity index (χ1) is 16.6. The van der Waals surface area contributed by atoms with E-state index in [1.54, 1.807) is 0 Å². The van der Waals surface area contributed by atoms with E-state index in [4.69, 9.17) is 4.98 Å². The second-order valence-electron chi connectivity index (χ2n) is 8.88. The van der Waals surface area contributed by atoms with E-state index in [0.29, 0.717) is 19.0 Å². The molecule has 1 amide bonds. The van der Waals surface area contributed by atoms with E-state index in [1.807, 2.05) is 23.2 Å². The minimum atomic E-state index is -0.0390. The molecule has 5 rings (SSSR count). The zero-order chi connectivity index (χ0) is 23.5. The number of anilines is 3. The molecule has 0 radical (unpaired) electrons. The lowest BCUT2D eigenvalue weighted by atomic mass is 9.98. The number of amides is 1. The molecule has 0 atom stereocenters.